The van der Waals surface area contributed by atoms with Crippen LogP contribution in [0.1, 0.15) is 38.1 Å². The molecule has 0 aromatic heterocycles. The van der Waals surface area contributed by atoms with Crippen molar-refractivity contribution in [2.24, 2.45) is 5.92 Å². The number of nitrogens with zero attached hydrogens (tertiary/aromatic N) is 1. The van der Waals surface area contributed by atoms with Crippen LogP contribution in [0.4, 0.5) is 0 Å². The van der Waals surface area contributed by atoms with E-state index in [0.29, 0.717) is 16.5 Å². The summed E-state index contributed by atoms with van der Waals surface area (Å²) < 4.78 is 0. The van der Waals surface area contributed by atoms with E-state index in [4.69, 9.17) is 11.6 Å². The van der Waals surface area contributed by atoms with E-state index in [0.717, 1.165) is 13.1 Å². The Morgan fingerprint density at radius 2 is 1.95 bits per heavy atom. The summed E-state index contributed by atoms with van der Waals surface area (Å²) in [4.78, 5) is 14.8. The maximum absolute atomic E-state index is 12.8. The van der Waals surface area contributed by atoms with E-state index in [1.807, 2.05) is 4.90 Å². The lowest BCUT2D eigenvalue weighted by molar-refractivity contribution is 0.0417. The number of amides is 1. The summed E-state index contributed by atoms with van der Waals surface area (Å²) in [5.41, 5.74) is 0.658. The molecule has 1 N–H and O–H groups in total. The molecule has 110 valence electrons. The number of hydrogen-bond acceptors (Lipinski definition) is 2. The van der Waals surface area contributed by atoms with Crippen molar-refractivity contribution in [1.82, 2.24) is 10.2 Å². The minimum atomic E-state index is -0.0481. The summed E-state index contributed by atoms with van der Waals surface area (Å²) in [5, 5.41) is 4.18. The molecule has 1 fully saturated rings. The second kappa shape index (κ2) is 5.74. The minimum absolute atomic E-state index is 0.0481. The van der Waals surface area contributed by atoms with E-state index in [9.17, 15) is 4.79 Å². The maximum atomic E-state index is 12.8. The topological polar surface area (TPSA) is 32.3 Å². The van der Waals surface area contributed by atoms with Gasteiger partial charge in [0.2, 0.25) is 0 Å². The molecular formula is C16H23ClN2O. The van der Waals surface area contributed by atoms with E-state index >= 15 is 0 Å². The van der Waals surface area contributed by atoms with Crippen LogP contribution in [0.5, 0.6) is 0 Å². The Bertz CT molecular complexity index is 482. The van der Waals surface area contributed by atoms with E-state index in [-0.39, 0.29) is 17.5 Å². The van der Waals surface area contributed by atoms with Gasteiger partial charge in [0.05, 0.1) is 0 Å². The number of benzene rings is 1. The Morgan fingerprint density at radius 1 is 1.35 bits per heavy atom. The first kappa shape index (κ1) is 15.3. The van der Waals surface area contributed by atoms with E-state index in [1.54, 1.807) is 24.3 Å². The summed E-state index contributed by atoms with van der Waals surface area (Å²) in [6, 6.07) is 7.37. The van der Waals surface area contributed by atoms with Gasteiger partial charge in [-0.3, -0.25) is 4.79 Å². The molecular weight excluding hydrogens is 272 g/mol. The summed E-state index contributed by atoms with van der Waals surface area (Å²) in [5.74, 6) is 0.518. The van der Waals surface area contributed by atoms with Crippen LogP contribution < -0.4 is 5.32 Å². The molecule has 1 aliphatic rings. The van der Waals surface area contributed by atoms with E-state index < -0.39 is 0 Å². The Kier molecular flexibility index (Phi) is 4.40. The van der Waals surface area contributed by atoms with Gasteiger partial charge in [0.15, 0.2) is 0 Å². The van der Waals surface area contributed by atoms with Crippen molar-refractivity contribution >= 4 is 17.5 Å². The van der Waals surface area contributed by atoms with Gasteiger partial charge in [0, 0.05) is 35.3 Å². The molecule has 0 spiro atoms. The largest absolute Gasteiger partial charge is 0.332 e. The third-order valence-corrected chi connectivity index (χ3v) is 4.13. The van der Waals surface area contributed by atoms with Crippen LogP contribution in [0.25, 0.3) is 0 Å². The summed E-state index contributed by atoms with van der Waals surface area (Å²) in [6.07, 6.45) is 0. The molecule has 1 aliphatic heterocycles. The first-order valence-corrected chi connectivity index (χ1v) is 7.49. The van der Waals surface area contributed by atoms with Gasteiger partial charge in [-0.2, -0.15) is 0 Å². The molecule has 0 aliphatic carbocycles. The van der Waals surface area contributed by atoms with Gasteiger partial charge in [-0.05, 0) is 44.0 Å². The van der Waals surface area contributed by atoms with Gasteiger partial charge in [-0.25, -0.2) is 0 Å². The van der Waals surface area contributed by atoms with Crippen LogP contribution in [-0.4, -0.2) is 35.5 Å². The molecule has 1 aromatic rings. The lowest BCUT2D eigenvalue weighted by Gasteiger charge is -2.46. The molecule has 1 heterocycles. The Hall–Kier alpha value is -1.06. The fourth-order valence-electron chi connectivity index (χ4n) is 2.67. The van der Waals surface area contributed by atoms with Crippen molar-refractivity contribution in [1.29, 1.82) is 0 Å². The fourth-order valence-corrected chi connectivity index (χ4v) is 2.79. The minimum Gasteiger partial charge on any atom is -0.332 e. The van der Waals surface area contributed by atoms with Gasteiger partial charge in [0.25, 0.3) is 5.91 Å². The lowest BCUT2D eigenvalue weighted by atomic mass is 9.92. The van der Waals surface area contributed by atoms with Crippen LogP contribution in [0.2, 0.25) is 5.02 Å². The number of rotatable bonds is 2. The van der Waals surface area contributed by atoms with Gasteiger partial charge in [-0.1, -0.05) is 25.4 Å². The molecule has 1 aromatic carbocycles. The Labute approximate surface area is 126 Å². The zero-order valence-corrected chi connectivity index (χ0v) is 13.4. The molecule has 0 saturated carbocycles. The number of carbonyl (C=O) groups is 1. The number of hydrogen-bond donors (Lipinski definition) is 1. The highest BCUT2D eigenvalue weighted by molar-refractivity contribution is 6.30. The number of piperazine rings is 1. The van der Waals surface area contributed by atoms with E-state index in [1.165, 1.54) is 0 Å². The lowest BCUT2D eigenvalue weighted by Crippen LogP contribution is -2.64. The highest BCUT2D eigenvalue weighted by Gasteiger charge is 2.36. The third kappa shape index (κ3) is 3.33. The van der Waals surface area contributed by atoms with Gasteiger partial charge < -0.3 is 10.2 Å². The Balaban J connectivity index is 2.25. The molecule has 0 bridgehead atoms. The quantitative estimate of drug-likeness (QED) is 0.908. The van der Waals surface area contributed by atoms with E-state index in [2.05, 4.69) is 33.0 Å². The first-order chi connectivity index (χ1) is 9.30. The number of carbonyl (C=O) groups excluding carboxylic acids is 1. The molecule has 20 heavy (non-hydrogen) atoms. The third-order valence-electron chi connectivity index (χ3n) is 3.88. The monoisotopic (exact) mass is 294 g/mol. The van der Waals surface area contributed by atoms with Gasteiger partial charge in [-0.15, -0.1) is 0 Å². The predicted octanol–water partition coefficient (Wildman–Crippen LogP) is 3.19. The van der Waals surface area contributed by atoms with Crippen molar-refractivity contribution in [2.75, 3.05) is 13.1 Å². The summed E-state index contributed by atoms with van der Waals surface area (Å²) in [7, 11) is 0. The van der Waals surface area contributed by atoms with Crippen LogP contribution in [0, 0.1) is 5.92 Å². The molecule has 1 atom stereocenters. The van der Waals surface area contributed by atoms with Crippen LogP contribution in [-0.2, 0) is 0 Å². The smallest absolute Gasteiger partial charge is 0.254 e. The first-order valence-electron chi connectivity index (χ1n) is 7.12. The summed E-state index contributed by atoms with van der Waals surface area (Å²) in [6.45, 7) is 10.1. The molecule has 1 saturated heterocycles. The van der Waals surface area contributed by atoms with Crippen LogP contribution >= 0.6 is 11.6 Å². The van der Waals surface area contributed by atoms with Crippen molar-refractivity contribution in [3.05, 3.63) is 34.9 Å². The maximum Gasteiger partial charge on any atom is 0.254 e. The normalized spacial score (nSPS) is 22.1. The Morgan fingerprint density at radius 3 is 2.50 bits per heavy atom. The van der Waals surface area contributed by atoms with Crippen molar-refractivity contribution in [2.45, 2.75) is 39.3 Å². The zero-order valence-electron chi connectivity index (χ0n) is 12.6. The van der Waals surface area contributed by atoms with Crippen molar-refractivity contribution in [3.63, 3.8) is 0 Å². The average Bonchev–Trinajstić information content (AvgIpc) is 2.37. The number of nitrogens with one attached hydrogen (secondary N) is 1. The molecule has 1 amide bonds. The van der Waals surface area contributed by atoms with Crippen molar-refractivity contribution < 1.29 is 4.79 Å². The average molecular weight is 295 g/mol. The summed E-state index contributed by atoms with van der Waals surface area (Å²) >= 11 is 5.89. The highest BCUT2D eigenvalue weighted by Crippen LogP contribution is 2.23. The fraction of sp³-hybridized carbons (Fsp3) is 0.562. The molecule has 4 heteroatoms. The molecule has 3 nitrogen and oxygen atoms in total. The second-order valence-corrected chi connectivity index (χ2v) is 6.95. The van der Waals surface area contributed by atoms with Gasteiger partial charge >= 0.3 is 0 Å². The van der Waals surface area contributed by atoms with Crippen molar-refractivity contribution in [3.8, 4) is 0 Å². The van der Waals surface area contributed by atoms with Gasteiger partial charge in [0.1, 0.15) is 0 Å². The SMILES string of the molecule is CC(C)C1CNC(C)(C)CN1C(=O)c1ccc(Cl)cc1. The van der Waals surface area contributed by atoms with Crippen LogP contribution in [0.3, 0.4) is 0 Å². The highest BCUT2D eigenvalue weighted by atomic mass is 35.5. The standard InChI is InChI=1S/C16H23ClN2O/c1-11(2)14-9-18-16(3,4)10-19(14)15(20)12-5-7-13(17)8-6-12/h5-8,11,14,18H,9-10H2,1-4H3. The zero-order chi connectivity index (χ0) is 14.9. The predicted molar refractivity (Wildman–Crippen MR) is 83.2 cm³/mol. The van der Waals surface area contributed by atoms with Crippen LogP contribution in [0.15, 0.2) is 24.3 Å². The number of halogens is 1. The second-order valence-electron chi connectivity index (χ2n) is 6.52. The molecule has 2 rings (SSSR count). The molecule has 0 radical (unpaired) electrons. The molecule has 1 unspecified atom stereocenters.